The zero-order chi connectivity index (χ0) is 13.8. The summed E-state index contributed by atoms with van der Waals surface area (Å²) in [7, 11) is 0. The number of hydrogen-bond donors (Lipinski definition) is 1. The van der Waals surface area contributed by atoms with Gasteiger partial charge in [-0.15, -0.1) is 11.3 Å². The van der Waals surface area contributed by atoms with E-state index in [1.54, 1.807) is 11.8 Å². The minimum atomic E-state index is 0.147. The molecule has 0 fully saturated rings. The molecule has 2 rings (SSSR count). The molecular formula is C14H17BrN2S2. The summed E-state index contributed by atoms with van der Waals surface area (Å²) < 4.78 is 1.00. The first-order valence-electron chi connectivity index (χ1n) is 6.20. The van der Waals surface area contributed by atoms with Gasteiger partial charge in [-0.25, -0.2) is 4.98 Å². The third-order valence-electron chi connectivity index (χ3n) is 2.85. The predicted molar refractivity (Wildman–Crippen MR) is 87.9 cm³/mol. The molecule has 102 valence electrons. The predicted octanol–water partition coefficient (Wildman–Crippen LogP) is 4.78. The minimum absolute atomic E-state index is 0.147. The molecule has 19 heavy (non-hydrogen) atoms. The second kappa shape index (κ2) is 6.88. The Morgan fingerprint density at radius 1 is 1.37 bits per heavy atom. The van der Waals surface area contributed by atoms with Crippen LogP contribution in [0.2, 0.25) is 0 Å². The van der Waals surface area contributed by atoms with Gasteiger partial charge < -0.3 is 5.73 Å². The molecule has 2 unspecified atom stereocenters. The van der Waals surface area contributed by atoms with E-state index in [1.165, 1.54) is 9.75 Å². The maximum atomic E-state index is 6.29. The molecule has 0 amide bonds. The average molecular weight is 357 g/mol. The first-order chi connectivity index (χ1) is 9.10. The lowest BCUT2D eigenvalue weighted by Crippen LogP contribution is -2.25. The molecule has 0 aliphatic rings. The van der Waals surface area contributed by atoms with Gasteiger partial charge in [0.05, 0.1) is 10.3 Å². The molecule has 0 saturated carbocycles. The lowest BCUT2D eigenvalue weighted by Gasteiger charge is -2.20. The number of nitrogens with two attached hydrogens (primary N) is 1. The number of nitrogens with zero attached hydrogens (tertiary/aromatic N) is 1. The van der Waals surface area contributed by atoms with Crippen molar-refractivity contribution in [1.29, 1.82) is 0 Å². The Kier molecular flexibility index (Phi) is 5.45. The Morgan fingerprint density at radius 3 is 2.68 bits per heavy atom. The Bertz CT molecular complexity index is 524. The van der Waals surface area contributed by atoms with Crippen LogP contribution in [0.5, 0.6) is 0 Å². The summed E-state index contributed by atoms with van der Waals surface area (Å²) in [5.41, 5.74) is 6.29. The van der Waals surface area contributed by atoms with Crippen molar-refractivity contribution in [2.75, 3.05) is 0 Å². The van der Waals surface area contributed by atoms with Crippen LogP contribution in [0.4, 0.5) is 0 Å². The summed E-state index contributed by atoms with van der Waals surface area (Å²) in [6.45, 7) is 4.26. The molecule has 2 heterocycles. The zero-order valence-corrected chi connectivity index (χ0v) is 14.2. The number of hydrogen-bond acceptors (Lipinski definition) is 4. The SMILES string of the molecule is CCC(N)C(Sc1ccc(Br)cn1)c1ccc(C)s1. The molecule has 5 heteroatoms. The Hall–Kier alpha value is -0.360. The van der Waals surface area contributed by atoms with Gasteiger partial charge in [0.1, 0.15) is 0 Å². The van der Waals surface area contributed by atoms with Crippen molar-refractivity contribution in [2.24, 2.45) is 5.73 Å². The van der Waals surface area contributed by atoms with Crippen LogP contribution in [0.1, 0.15) is 28.3 Å². The van der Waals surface area contributed by atoms with Gasteiger partial charge in [0.25, 0.3) is 0 Å². The van der Waals surface area contributed by atoms with Crippen molar-refractivity contribution in [1.82, 2.24) is 4.98 Å². The number of halogens is 1. The number of pyridine rings is 1. The van der Waals surface area contributed by atoms with Crippen LogP contribution in [0.3, 0.4) is 0 Å². The van der Waals surface area contributed by atoms with E-state index in [1.807, 2.05) is 29.7 Å². The Balaban J connectivity index is 2.21. The fourth-order valence-corrected chi connectivity index (χ4v) is 4.28. The smallest absolute Gasteiger partial charge is 0.0967 e. The van der Waals surface area contributed by atoms with Crippen LogP contribution < -0.4 is 5.73 Å². The maximum absolute atomic E-state index is 6.29. The van der Waals surface area contributed by atoms with E-state index in [0.717, 1.165) is 15.9 Å². The number of aromatic nitrogens is 1. The zero-order valence-electron chi connectivity index (χ0n) is 11.0. The highest BCUT2D eigenvalue weighted by Gasteiger charge is 2.22. The van der Waals surface area contributed by atoms with Gasteiger partial charge in [0, 0.05) is 26.5 Å². The first kappa shape index (κ1) is 15.0. The van der Waals surface area contributed by atoms with Gasteiger partial charge in [-0.2, -0.15) is 0 Å². The molecule has 2 nitrogen and oxygen atoms in total. The number of aryl methyl sites for hydroxylation is 1. The Morgan fingerprint density at radius 2 is 2.16 bits per heavy atom. The van der Waals surface area contributed by atoms with Crippen molar-refractivity contribution in [3.63, 3.8) is 0 Å². The molecule has 0 saturated heterocycles. The van der Waals surface area contributed by atoms with E-state index in [4.69, 9.17) is 5.73 Å². The maximum Gasteiger partial charge on any atom is 0.0967 e. The molecule has 0 aromatic carbocycles. The fraction of sp³-hybridized carbons (Fsp3) is 0.357. The highest BCUT2D eigenvalue weighted by Crippen LogP contribution is 2.40. The topological polar surface area (TPSA) is 38.9 Å². The molecule has 2 aromatic rings. The van der Waals surface area contributed by atoms with Crippen molar-refractivity contribution in [3.05, 3.63) is 44.7 Å². The van der Waals surface area contributed by atoms with E-state index < -0.39 is 0 Å². The largest absolute Gasteiger partial charge is 0.326 e. The van der Waals surface area contributed by atoms with Gasteiger partial charge in [-0.1, -0.05) is 18.7 Å². The van der Waals surface area contributed by atoms with Crippen molar-refractivity contribution in [3.8, 4) is 0 Å². The Labute approximate surface area is 131 Å². The van der Waals surface area contributed by atoms with Crippen LogP contribution in [0.15, 0.2) is 40.0 Å². The summed E-state index contributed by atoms with van der Waals surface area (Å²) in [4.78, 5) is 7.09. The van der Waals surface area contributed by atoms with Crippen LogP contribution >= 0.6 is 39.0 Å². The summed E-state index contributed by atoms with van der Waals surface area (Å²) in [6.07, 6.45) is 2.79. The third kappa shape index (κ3) is 4.05. The van der Waals surface area contributed by atoms with Crippen molar-refractivity contribution < 1.29 is 0 Å². The van der Waals surface area contributed by atoms with E-state index in [2.05, 4.69) is 46.9 Å². The van der Waals surface area contributed by atoms with Crippen LogP contribution in [0.25, 0.3) is 0 Å². The monoisotopic (exact) mass is 356 g/mol. The molecule has 2 atom stereocenters. The van der Waals surface area contributed by atoms with Crippen molar-refractivity contribution in [2.45, 2.75) is 36.6 Å². The second-order valence-corrected chi connectivity index (χ2v) is 7.77. The highest BCUT2D eigenvalue weighted by atomic mass is 79.9. The molecule has 2 N–H and O–H groups in total. The number of rotatable bonds is 5. The normalized spacial score (nSPS) is 14.3. The minimum Gasteiger partial charge on any atom is -0.326 e. The molecular weight excluding hydrogens is 340 g/mol. The van der Waals surface area contributed by atoms with E-state index in [0.29, 0.717) is 0 Å². The quantitative estimate of drug-likeness (QED) is 0.783. The van der Waals surface area contributed by atoms with Gasteiger partial charge in [0.2, 0.25) is 0 Å². The third-order valence-corrected chi connectivity index (χ3v) is 5.89. The van der Waals surface area contributed by atoms with Crippen LogP contribution in [-0.2, 0) is 0 Å². The van der Waals surface area contributed by atoms with Crippen molar-refractivity contribution >= 4 is 39.0 Å². The molecule has 0 bridgehead atoms. The summed E-state index contributed by atoms with van der Waals surface area (Å²) in [5.74, 6) is 0. The standard InChI is InChI=1S/C14H17BrN2S2/c1-3-11(16)14(12-6-4-9(2)18-12)19-13-7-5-10(15)8-17-13/h4-8,11,14H,3,16H2,1-2H3. The average Bonchev–Trinajstić information content (AvgIpc) is 2.83. The molecule has 2 aromatic heterocycles. The van der Waals surface area contributed by atoms with Crippen LogP contribution in [0, 0.1) is 6.92 Å². The van der Waals surface area contributed by atoms with Gasteiger partial charge in [-0.05, 0) is 53.5 Å². The molecule has 0 spiro atoms. The van der Waals surface area contributed by atoms with E-state index in [-0.39, 0.29) is 11.3 Å². The lowest BCUT2D eigenvalue weighted by molar-refractivity contribution is 0.639. The second-order valence-electron chi connectivity index (χ2n) is 4.37. The van der Waals surface area contributed by atoms with Gasteiger partial charge >= 0.3 is 0 Å². The first-order valence-corrected chi connectivity index (χ1v) is 8.69. The summed E-state index contributed by atoms with van der Waals surface area (Å²) >= 11 is 6.98. The number of thioether (sulfide) groups is 1. The molecule has 0 aliphatic heterocycles. The molecule has 0 aliphatic carbocycles. The fourth-order valence-electron chi connectivity index (χ4n) is 1.74. The lowest BCUT2D eigenvalue weighted by atomic mass is 10.1. The van der Waals surface area contributed by atoms with Crippen LogP contribution in [-0.4, -0.2) is 11.0 Å². The molecule has 0 radical (unpaired) electrons. The van der Waals surface area contributed by atoms with E-state index >= 15 is 0 Å². The van der Waals surface area contributed by atoms with Gasteiger partial charge in [-0.3, -0.25) is 0 Å². The van der Waals surface area contributed by atoms with Gasteiger partial charge in [0.15, 0.2) is 0 Å². The summed E-state index contributed by atoms with van der Waals surface area (Å²) in [6, 6.07) is 8.54. The number of thiophene rings is 1. The highest BCUT2D eigenvalue weighted by molar-refractivity contribution is 9.10. The summed E-state index contributed by atoms with van der Waals surface area (Å²) in [5, 5.41) is 1.29. The van der Waals surface area contributed by atoms with E-state index in [9.17, 15) is 0 Å².